The topological polar surface area (TPSA) is 70.7 Å². The molecule has 0 aliphatic rings. The molecule has 0 aliphatic carbocycles. The van der Waals surface area contributed by atoms with Crippen LogP contribution in [0, 0.1) is 32.1 Å². The van der Waals surface area contributed by atoms with E-state index in [-0.39, 0.29) is 5.57 Å². The SMILES string of the molecule is CCc1ccc(NC(=O)/C(C#N)=C/c2c(C)nn(Cc3ccc(C)cc3)c2C)cc1. The number of rotatable bonds is 6. The molecule has 30 heavy (non-hydrogen) atoms. The van der Waals surface area contributed by atoms with Crippen molar-refractivity contribution in [3.8, 4) is 6.07 Å². The lowest BCUT2D eigenvalue weighted by atomic mass is 10.1. The van der Waals surface area contributed by atoms with Crippen LogP contribution in [-0.2, 0) is 17.8 Å². The number of aromatic nitrogens is 2. The third-order valence-electron chi connectivity index (χ3n) is 5.16. The number of amides is 1. The van der Waals surface area contributed by atoms with Crippen molar-refractivity contribution in [3.05, 3.63) is 87.7 Å². The minimum atomic E-state index is -0.424. The van der Waals surface area contributed by atoms with E-state index in [1.54, 1.807) is 6.08 Å². The predicted octanol–water partition coefficient (Wildman–Crippen LogP) is 4.96. The van der Waals surface area contributed by atoms with E-state index in [4.69, 9.17) is 0 Å². The van der Waals surface area contributed by atoms with E-state index in [9.17, 15) is 10.1 Å². The summed E-state index contributed by atoms with van der Waals surface area (Å²) in [7, 11) is 0. The lowest BCUT2D eigenvalue weighted by Gasteiger charge is -2.06. The van der Waals surface area contributed by atoms with Gasteiger partial charge in [-0.05, 0) is 56.5 Å². The molecule has 3 aromatic rings. The van der Waals surface area contributed by atoms with E-state index in [0.29, 0.717) is 12.2 Å². The molecule has 1 heterocycles. The Hall–Kier alpha value is -3.65. The smallest absolute Gasteiger partial charge is 0.266 e. The Morgan fingerprint density at radius 3 is 2.30 bits per heavy atom. The van der Waals surface area contributed by atoms with Gasteiger partial charge in [0, 0.05) is 16.9 Å². The fourth-order valence-corrected chi connectivity index (χ4v) is 3.26. The zero-order chi connectivity index (χ0) is 21.7. The van der Waals surface area contributed by atoms with Crippen molar-refractivity contribution in [2.75, 3.05) is 5.32 Å². The van der Waals surface area contributed by atoms with Crippen LogP contribution in [0.3, 0.4) is 0 Å². The molecule has 0 spiro atoms. The summed E-state index contributed by atoms with van der Waals surface area (Å²) in [5.74, 6) is -0.424. The van der Waals surface area contributed by atoms with Crippen LogP contribution >= 0.6 is 0 Å². The second-order valence-electron chi connectivity index (χ2n) is 7.40. The van der Waals surface area contributed by atoms with Crippen molar-refractivity contribution < 1.29 is 4.79 Å². The first-order valence-corrected chi connectivity index (χ1v) is 10.0. The highest BCUT2D eigenvalue weighted by molar-refractivity contribution is 6.09. The van der Waals surface area contributed by atoms with E-state index >= 15 is 0 Å². The van der Waals surface area contributed by atoms with Crippen LogP contribution in [0.15, 0.2) is 54.1 Å². The molecule has 0 fully saturated rings. The summed E-state index contributed by atoms with van der Waals surface area (Å²) in [6.45, 7) is 8.62. The highest BCUT2D eigenvalue weighted by Gasteiger charge is 2.15. The summed E-state index contributed by atoms with van der Waals surface area (Å²) < 4.78 is 1.90. The lowest BCUT2D eigenvalue weighted by molar-refractivity contribution is -0.112. The highest BCUT2D eigenvalue weighted by atomic mass is 16.1. The molecule has 0 bridgehead atoms. The van der Waals surface area contributed by atoms with E-state index in [1.807, 2.05) is 48.9 Å². The van der Waals surface area contributed by atoms with Crippen LogP contribution in [0.4, 0.5) is 5.69 Å². The molecular formula is C25H26N4O. The molecule has 1 N–H and O–H groups in total. The van der Waals surface area contributed by atoms with Gasteiger partial charge in [0.25, 0.3) is 5.91 Å². The number of hydrogen-bond acceptors (Lipinski definition) is 3. The zero-order valence-electron chi connectivity index (χ0n) is 17.9. The minimum Gasteiger partial charge on any atom is -0.321 e. The first-order chi connectivity index (χ1) is 14.4. The van der Waals surface area contributed by atoms with Crippen LogP contribution in [0.1, 0.15) is 40.6 Å². The normalized spacial score (nSPS) is 11.2. The van der Waals surface area contributed by atoms with Crippen molar-refractivity contribution in [1.82, 2.24) is 9.78 Å². The molecule has 5 nitrogen and oxygen atoms in total. The third kappa shape index (κ3) is 4.84. The van der Waals surface area contributed by atoms with Crippen LogP contribution in [-0.4, -0.2) is 15.7 Å². The Labute approximate surface area is 177 Å². The average Bonchev–Trinajstić information content (AvgIpc) is 3.01. The van der Waals surface area contributed by atoms with Gasteiger partial charge in [-0.15, -0.1) is 0 Å². The second kappa shape index (κ2) is 9.23. The van der Waals surface area contributed by atoms with Crippen LogP contribution < -0.4 is 5.32 Å². The van der Waals surface area contributed by atoms with E-state index < -0.39 is 5.91 Å². The Bertz CT molecular complexity index is 1110. The Kier molecular flexibility index (Phi) is 6.48. The lowest BCUT2D eigenvalue weighted by Crippen LogP contribution is -2.13. The van der Waals surface area contributed by atoms with Gasteiger partial charge >= 0.3 is 0 Å². The predicted molar refractivity (Wildman–Crippen MR) is 120 cm³/mol. The molecule has 0 radical (unpaired) electrons. The van der Waals surface area contributed by atoms with Gasteiger partial charge in [0.1, 0.15) is 11.6 Å². The van der Waals surface area contributed by atoms with Crippen molar-refractivity contribution in [2.24, 2.45) is 0 Å². The molecule has 1 amide bonds. The van der Waals surface area contributed by atoms with E-state index in [2.05, 4.69) is 48.5 Å². The van der Waals surface area contributed by atoms with Crippen LogP contribution in [0.2, 0.25) is 0 Å². The van der Waals surface area contributed by atoms with Crippen molar-refractivity contribution >= 4 is 17.7 Å². The van der Waals surface area contributed by atoms with Crippen molar-refractivity contribution in [2.45, 2.75) is 40.7 Å². The quantitative estimate of drug-likeness (QED) is 0.471. The minimum absolute atomic E-state index is 0.0515. The molecule has 2 aromatic carbocycles. The van der Waals surface area contributed by atoms with Gasteiger partial charge in [-0.2, -0.15) is 10.4 Å². The average molecular weight is 399 g/mol. The van der Waals surface area contributed by atoms with E-state index in [1.165, 1.54) is 11.1 Å². The van der Waals surface area contributed by atoms with Gasteiger partial charge in [-0.25, -0.2) is 0 Å². The molecule has 1 aromatic heterocycles. The standard InChI is InChI=1S/C25H26N4O/c1-5-20-10-12-23(13-11-20)27-25(30)22(15-26)14-24-18(3)28-29(19(24)4)16-21-8-6-17(2)7-9-21/h6-14H,5,16H2,1-4H3,(H,27,30)/b22-14+. The second-order valence-corrected chi connectivity index (χ2v) is 7.40. The summed E-state index contributed by atoms with van der Waals surface area (Å²) in [6, 6.07) is 18.0. The maximum absolute atomic E-state index is 12.6. The summed E-state index contributed by atoms with van der Waals surface area (Å²) in [4.78, 5) is 12.6. The Balaban J connectivity index is 1.82. The maximum atomic E-state index is 12.6. The number of nitrogens with zero attached hydrogens (tertiary/aromatic N) is 3. The van der Waals surface area contributed by atoms with Crippen LogP contribution in [0.5, 0.6) is 0 Å². The van der Waals surface area contributed by atoms with Crippen LogP contribution in [0.25, 0.3) is 6.08 Å². The first kappa shape index (κ1) is 21.1. The number of benzene rings is 2. The number of nitriles is 1. The summed E-state index contributed by atoms with van der Waals surface area (Å²) in [5, 5.41) is 17.0. The number of carbonyl (C=O) groups excluding carboxylic acids is 1. The monoisotopic (exact) mass is 398 g/mol. The maximum Gasteiger partial charge on any atom is 0.266 e. The largest absolute Gasteiger partial charge is 0.321 e. The van der Waals surface area contributed by atoms with Gasteiger partial charge in [0.05, 0.1) is 12.2 Å². The summed E-state index contributed by atoms with van der Waals surface area (Å²) >= 11 is 0. The molecule has 3 rings (SSSR count). The number of hydrogen-bond donors (Lipinski definition) is 1. The molecule has 5 heteroatoms. The fraction of sp³-hybridized carbons (Fsp3) is 0.240. The van der Waals surface area contributed by atoms with Gasteiger partial charge in [0.15, 0.2) is 0 Å². The summed E-state index contributed by atoms with van der Waals surface area (Å²) in [6.07, 6.45) is 2.56. The number of anilines is 1. The van der Waals surface area contributed by atoms with Gasteiger partial charge in [-0.3, -0.25) is 9.48 Å². The van der Waals surface area contributed by atoms with Gasteiger partial charge in [0.2, 0.25) is 0 Å². The molecule has 152 valence electrons. The third-order valence-corrected chi connectivity index (χ3v) is 5.16. The van der Waals surface area contributed by atoms with E-state index in [0.717, 1.165) is 28.9 Å². The Morgan fingerprint density at radius 1 is 1.07 bits per heavy atom. The van der Waals surface area contributed by atoms with Gasteiger partial charge < -0.3 is 5.32 Å². The summed E-state index contributed by atoms with van der Waals surface area (Å²) in [5.41, 5.74) is 6.78. The Morgan fingerprint density at radius 2 is 1.70 bits per heavy atom. The van der Waals surface area contributed by atoms with Crippen molar-refractivity contribution in [3.63, 3.8) is 0 Å². The molecule has 0 saturated heterocycles. The highest BCUT2D eigenvalue weighted by Crippen LogP contribution is 2.19. The molecule has 0 aliphatic heterocycles. The fourth-order valence-electron chi connectivity index (χ4n) is 3.26. The number of carbonyl (C=O) groups is 1. The molecule has 0 saturated carbocycles. The molecule has 0 atom stereocenters. The first-order valence-electron chi connectivity index (χ1n) is 10.0. The molecular weight excluding hydrogens is 372 g/mol. The van der Waals surface area contributed by atoms with Crippen molar-refractivity contribution in [1.29, 1.82) is 5.26 Å². The number of nitrogens with one attached hydrogen (secondary N) is 1. The zero-order valence-corrected chi connectivity index (χ0v) is 17.9. The van der Waals surface area contributed by atoms with Gasteiger partial charge in [-0.1, -0.05) is 48.9 Å². The number of aryl methyl sites for hydroxylation is 3. The molecule has 0 unspecified atom stereocenters.